The second-order valence-corrected chi connectivity index (χ2v) is 5.05. The van der Waals surface area contributed by atoms with E-state index in [1.165, 1.54) is 6.92 Å². The Kier molecular flexibility index (Phi) is 3.81. The van der Waals surface area contributed by atoms with Crippen LogP contribution in [-0.4, -0.2) is 18.4 Å². The molecular weight excluding hydrogens is 212 g/mol. The van der Waals surface area contributed by atoms with E-state index in [-0.39, 0.29) is 11.3 Å². The minimum atomic E-state index is 0.00598. The Bertz CT molecular complexity index is 424. The van der Waals surface area contributed by atoms with Crippen molar-refractivity contribution in [2.75, 3.05) is 17.7 Å². The Morgan fingerprint density at radius 3 is 2.41 bits per heavy atom. The molecule has 0 aliphatic carbocycles. The van der Waals surface area contributed by atoms with Gasteiger partial charge in [0.2, 0.25) is 0 Å². The largest absolute Gasteiger partial charge is 0.398 e. The summed E-state index contributed by atoms with van der Waals surface area (Å²) in [5.74, 6) is 0.00598. The standard InChI is InChI=1S/C14H22N2O/c1-6-14(3,4)16(5)11-7-8-12(10(2)17)13(15)9-11/h7-9H,6,15H2,1-5H3. The van der Waals surface area contributed by atoms with E-state index in [1.54, 1.807) is 6.07 Å². The number of nitrogens with zero attached hydrogens (tertiary/aromatic N) is 1. The number of benzene rings is 1. The van der Waals surface area contributed by atoms with Gasteiger partial charge in [0.25, 0.3) is 0 Å². The monoisotopic (exact) mass is 234 g/mol. The van der Waals surface area contributed by atoms with Crippen molar-refractivity contribution >= 4 is 17.2 Å². The van der Waals surface area contributed by atoms with Crippen LogP contribution in [0.5, 0.6) is 0 Å². The average Bonchev–Trinajstić information content (AvgIpc) is 2.27. The van der Waals surface area contributed by atoms with Crippen LogP contribution in [-0.2, 0) is 0 Å². The molecule has 1 aromatic rings. The minimum absolute atomic E-state index is 0.00598. The topological polar surface area (TPSA) is 46.3 Å². The third kappa shape index (κ3) is 2.78. The number of nitrogen functional groups attached to an aromatic ring is 1. The molecule has 0 amide bonds. The van der Waals surface area contributed by atoms with E-state index in [1.807, 2.05) is 19.2 Å². The molecule has 1 rings (SSSR count). The molecule has 3 nitrogen and oxygen atoms in total. The van der Waals surface area contributed by atoms with Crippen LogP contribution in [0.15, 0.2) is 18.2 Å². The van der Waals surface area contributed by atoms with Gasteiger partial charge in [-0.15, -0.1) is 0 Å². The third-order valence-electron chi connectivity index (χ3n) is 3.57. The summed E-state index contributed by atoms with van der Waals surface area (Å²) in [7, 11) is 2.05. The van der Waals surface area contributed by atoms with Gasteiger partial charge in [0.15, 0.2) is 5.78 Å². The van der Waals surface area contributed by atoms with Crippen molar-refractivity contribution in [2.24, 2.45) is 0 Å². The molecule has 0 radical (unpaired) electrons. The lowest BCUT2D eigenvalue weighted by Crippen LogP contribution is -2.40. The Balaban J connectivity index is 3.10. The normalized spacial score (nSPS) is 11.4. The van der Waals surface area contributed by atoms with Gasteiger partial charge in [-0.25, -0.2) is 0 Å². The first-order chi connectivity index (χ1) is 7.79. The quantitative estimate of drug-likeness (QED) is 0.643. The van der Waals surface area contributed by atoms with Crippen LogP contribution in [0.4, 0.5) is 11.4 Å². The van der Waals surface area contributed by atoms with E-state index < -0.39 is 0 Å². The van der Waals surface area contributed by atoms with E-state index >= 15 is 0 Å². The van der Waals surface area contributed by atoms with E-state index in [0.29, 0.717) is 11.3 Å². The van der Waals surface area contributed by atoms with Crippen molar-refractivity contribution in [1.82, 2.24) is 0 Å². The highest BCUT2D eigenvalue weighted by Crippen LogP contribution is 2.27. The van der Waals surface area contributed by atoms with Crippen molar-refractivity contribution in [1.29, 1.82) is 0 Å². The molecule has 2 N–H and O–H groups in total. The zero-order chi connectivity index (χ0) is 13.2. The number of nitrogens with two attached hydrogens (primary N) is 1. The van der Waals surface area contributed by atoms with Gasteiger partial charge in [0, 0.05) is 29.5 Å². The summed E-state index contributed by atoms with van der Waals surface area (Å²) in [6, 6.07) is 5.62. The van der Waals surface area contributed by atoms with Gasteiger partial charge in [0.1, 0.15) is 0 Å². The van der Waals surface area contributed by atoms with Crippen LogP contribution in [0, 0.1) is 0 Å². The smallest absolute Gasteiger partial charge is 0.161 e. The van der Waals surface area contributed by atoms with E-state index in [0.717, 1.165) is 12.1 Å². The molecule has 0 bridgehead atoms. The lowest BCUT2D eigenvalue weighted by atomic mass is 9.98. The highest BCUT2D eigenvalue weighted by molar-refractivity contribution is 5.99. The summed E-state index contributed by atoms with van der Waals surface area (Å²) >= 11 is 0. The second kappa shape index (κ2) is 4.78. The van der Waals surface area contributed by atoms with Gasteiger partial charge in [0.05, 0.1) is 0 Å². The highest BCUT2D eigenvalue weighted by Gasteiger charge is 2.22. The molecule has 0 unspecified atom stereocenters. The maximum absolute atomic E-state index is 11.3. The summed E-state index contributed by atoms with van der Waals surface area (Å²) in [6.07, 6.45) is 1.04. The molecule has 0 atom stereocenters. The molecule has 0 aliphatic rings. The highest BCUT2D eigenvalue weighted by atomic mass is 16.1. The minimum Gasteiger partial charge on any atom is -0.398 e. The predicted octanol–water partition coefficient (Wildman–Crippen LogP) is 3.10. The van der Waals surface area contributed by atoms with Crippen molar-refractivity contribution < 1.29 is 4.79 Å². The van der Waals surface area contributed by atoms with E-state index in [9.17, 15) is 4.79 Å². The van der Waals surface area contributed by atoms with Crippen LogP contribution in [0.1, 0.15) is 44.5 Å². The van der Waals surface area contributed by atoms with Crippen LogP contribution in [0.3, 0.4) is 0 Å². The number of rotatable bonds is 4. The Hall–Kier alpha value is -1.51. The summed E-state index contributed by atoms with van der Waals surface area (Å²) < 4.78 is 0. The number of hydrogen-bond donors (Lipinski definition) is 1. The van der Waals surface area contributed by atoms with Crippen molar-refractivity contribution in [3.8, 4) is 0 Å². The molecule has 0 heterocycles. The van der Waals surface area contributed by atoms with Gasteiger partial charge in [-0.05, 0) is 45.4 Å². The Morgan fingerprint density at radius 1 is 1.41 bits per heavy atom. The average molecular weight is 234 g/mol. The third-order valence-corrected chi connectivity index (χ3v) is 3.57. The summed E-state index contributed by atoms with van der Waals surface area (Å²) in [5.41, 5.74) is 8.16. The zero-order valence-corrected chi connectivity index (χ0v) is 11.4. The lowest BCUT2D eigenvalue weighted by molar-refractivity contribution is 0.101. The first-order valence-electron chi connectivity index (χ1n) is 5.94. The van der Waals surface area contributed by atoms with Crippen LogP contribution < -0.4 is 10.6 Å². The van der Waals surface area contributed by atoms with Crippen LogP contribution >= 0.6 is 0 Å². The second-order valence-electron chi connectivity index (χ2n) is 5.05. The first-order valence-corrected chi connectivity index (χ1v) is 5.94. The fraction of sp³-hybridized carbons (Fsp3) is 0.500. The van der Waals surface area contributed by atoms with Gasteiger partial charge < -0.3 is 10.6 Å². The van der Waals surface area contributed by atoms with Gasteiger partial charge >= 0.3 is 0 Å². The van der Waals surface area contributed by atoms with Crippen LogP contribution in [0.25, 0.3) is 0 Å². The molecule has 94 valence electrons. The molecule has 0 saturated carbocycles. The molecular formula is C14H22N2O. The predicted molar refractivity (Wildman–Crippen MR) is 73.6 cm³/mol. The SMILES string of the molecule is CCC(C)(C)N(C)c1ccc(C(C)=O)c(N)c1. The molecule has 0 aromatic heterocycles. The number of ketones is 1. The maximum atomic E-state index is 11.3. The lowest BCUT2D eigenvalue weighted by Gasteiger charge is -2.37. The number of hydrogen-bond acceptors (Lipinski definition) is 3. The maximum Gasteiger partial charge on any atom is 0.161 e. The van der Waals surface area contributed by atoms with Crippen molar-refractivity contribution in [3.05, 3.63) is 23.8 Å². The molecule has 0 fully saturated rings. The Morgan fingerprint density at radius 2 is 2.00 bits per heavy atom. The molecule has 0 spiro atoms. The zero-order valence-electron chi connectivity index (χ0n) is 11.4. The van der Waals surface area contributed by atoms with E-state index in [4.69, 9.17) is 5.73 Å². The molecule has 17 heavy (non-hydrogen) atoms. The van der Waals surface area contributed by atoms with E-state index in [2.05, 4.69) is 25.7 Å². The summed E-state index contributed by atoms with van der Waals surface area (Å²) in [5, 5.41) is 0. The number of Topliss-reactive ketones (excluding diaryl/α,β-unsaturated/α-hetero) is 1. The van der Waals surface area contributed by atoms with Gasteiger partial charge in [-0.2, -0.15) is 0 Å². The first kappa shape index (κ1) is 13.6. The van der Waals surface area contributed by atoms with Crippen molar-refractivity contribution in [2.45, 2.75) is 39.7 Å². The fourth-order valence-electron chi connectivity index (χ4n) is 1.67. The van der Waals surface area contributed by atoms with Gasteiger partial charge in [-0.1, -0.05) is 6.92 Å². The van der Waals surface area contributed by atoms with Gasteiger partial charge in [-0.3, -0.25) is 4.79 Å². The number of anilines is 2. The number of carbonyl (C=O) groups is 1. The molecule has 0 saturated heterocycles. The summed E-state index contributed by atoms with van der Waals surface area (Å²) in [6.45, 7) is 8.05. The Labute approximate surface area is 104 Å². The van der Waals surface area contributed by atoms with Crippen molar-refractivity contribution in [3.63, 3.8) is 0 Å². The molecule has 3 heteroatoms. The molecule has 1 aromatic carbocycles. The van der Waals surface area contributed by atoms with Crippen LogP contribution in [0.2, 0.25) is 0 Å². The number of carbonyl (C=O) groups excluding carboxylic acids is 1. The fourth-order valence-corrected chi connectivity index (χ4v) is 1.67. The summed E-state index contributed by atoms with van der Waals surface area (Å²) in [4.78, 5) is 13.5. The molecule has 0 aliphatic heterocycles.